The van der Waals surface area contributed by atoms with E-state index in [1.54, 1.807) is 6.92 Å². The molecule has 0 aliphatic heterocycles. The number of rotatable bonds is 6. The highest BCUT2D eigenvalue weighted by Gasteiger charge is 2.12. The van der Waals surface area contributed by atoms with Crippen LogP contribution in [0.1, 0.15) is 17.4 Å². The molecule has 7 nitrogen and oxygen atoms in total. The molecule has 0 aliphatic rings. The molecule has 0 unspecified atom stereocenters. The number of amides is 1. The zero-order valence-electron chi connectivity index (χ0n) is 9.26. The van der Waals surface area contributed by atoms with E-state index in [1.807, 2.05) is 0 Å². The van der Waals surface area contributed by atoms with E-state index in [4.69, 9.17) is 5.73 Å². The fourth-order valence-electron chi connectivity index (χ4n) is 1.07. The number of carbonyl (C=O) groups is 1. The van der Waals surface area contributed by atoms with Gasteiger partial charge in [0.05, 0.1) is 5.75 Å². The van der Waals surface area contributed by atoms with Gasteiger partial charge in [0.15, 0.2) is 5.13 Å². The van der Waals surface area contributed by atoms with Crippen molar-refractivity contribution in [2.24, 2.45) is 0 Å². The number of nitrogens with two attached hydrogens (primary N) is 1. The Labute approximate surface area is 103 Å². The molecule has 1 amide bonds. The number of hydrogen-bond acceptors (Lipinski definition) is 6. The fraction of sp³-hybridized carbons (Fsp3) is 0.500. The topological polar surface area (TPSA) is 114 Å². The summed E-state index contributed by atoms with van der Waals surface area (Å²) in [5.41, 5.74) is 5.58. The van der Waals surface area contributed by atoms with Crippen LogP contribution in [-0.2, 0) is 10.0 Å². The fourth-order valence-corrected chi connectivity index (χ4v) is 2.57. The Kier molecular flexibility index (Phi) is 4.85. The van der Waals surface area contributed by atoms with E-state index in [9.17, 15) is 13.2 Å². The molecule has 0 saturated heterocycles. The summed E-state index contributed by atoms with van der Waals surface area (Å²) in [6.45, 7) is 2.05. The van der Waals surface area contributed by atoms with Gasteiger partial charge in [-0.1, -0.05) is 6.92 Å². The molecular formula is C8H14N4O3S2. The van der Waals surface area contributed by atoms with Gasteiger partial charge in [0.1, 0.15) is 5.69 Å². The molecule has 0 bridgehead atoms. The van der Waals surface area contributed by atoms with Crippen LogP contribution in [-0.4, -0.2) is 38.2 Å². The number of nitrogen functional groups attached to an aromatic ring is 1. The van der Waals surface area contributed by atoms with Crippen LogP contribution in [0.25, 0.3) is 0 Å². The Morgan fingerprint density at radius 3 is 2.82 bits per heavy atom. The van der Waals surface area contributed by atoms with Crippen molar-refractivity contribution >= 4 is 32.4 Å². The molecule has 1 aromatic rings. The Morgan fingerprint density at radius 2 is 2.29 bits per heavy atom. The highest BCUT2D eigenvalue weighted by Crippen LogP contribution is 2.10. The van der Waals surface area contributed by atoms with Crippen molar-refractivity contribution < 1.29 is 13.2 Å². The number of thiazole rings is 1. The number of sulfonamides is 1. The molecule has 9 heteroatoms. The summed E-state index contributed by atoms with van der Waals surface area (Å²) in [5, 5.41) is 4.28. The summed E-state index contributed by atoms with van der Waals surface area (Å²) in [6, 6.07) is 0. The van der Waals surface area contributed by atoms with Crippen LogP contribution in [0.4, 0.5) is 5.13 Å². The third-order valence-electron chi connectivity index (χ3n) is 1.78. The van der Waals surface area contributed by atoms with Crippen molar-refractivity contribution in [3.8, 4) is 0 Å². The maximum absolute atomic E-state index is 11.5. The minimum atomic E-state index is -3.31. The number of nitrogens with one attached hydrogen (secondary N) is 2. The third-order valence-corrected chi connectivity index (χ3v) is 3.92. The van der Waals surface area contributed by atoms with E-state index >= 15 is 0 Å². The molecule has 0 spiro atoms. The second-order valence-corrected chi connectivity index (χ2v) is 5.96. The van der Waals surface area contributed by atoms with E-state index < -0.39 is 15.9 Å². The van der Waals surface area contributed by atoms with Gasteiger partial charge in [-0.2, -0.15) is 0 Å². The molecule has 1 aromatic heterocycles. The molecule has 0 saturated carbocycles. The van der Waals surface area contributed by atoms with Crippen LogP contribution >= 0.6 is 11.3 Å². The van der Waals surface area contributed by atoms with Crippen LogP contribution in [0.2, 0.25) is 0 Å². The minimum absolute atomic E-state index is 0.0333. The Morgan fingerprint density at radius 1 is 1.59 bits per heavy atom. The lowest BCUT2D eigenvalue weighted by molar-refractivity contribution is 0.0952. The molecule has 1 heterocycles. The first-order chi connectivity index (χ1) is 7.94. The standard InChI is InChI=1S/C8H14N4O3S2/c1-2-11-17(14,15)4-3-10-7(13)6-5-16-8(9)12-6/h5,11H,2-4H2,1H3,(H2,9,12)(H,10,13). The van der Waals surface area contributed by atoms with E-state index in [2.05, 4.69) is 15.0 Å². The predicted molar refractivity (Wildman–Crippen MR) is 66.3 cm³/mol. The average Bonchev–Trinajstić information content (AvgIpc) is 2.64. The van der Waals surface area contributed by atoms with Gasteiger partial charge in [0.25, 0.3) is 5.91 Å². The van der Waals surface area contributed by atoms with Crippen LogP contribution in [0.15, 0.2) is 5.38 Å². The Bertz CT molecular complexity index is 483. The zero-order chi connectivity index (χ0) is 12.9. The first kappa shape index (κ1) is 13.9. The summed E-state index contributed by atoms with van der Waals surface area (Å²) >= 11 is 1.16. The van der Waals surface area contributed by atoms with E-state index in [-0.39, 0.29) is 18.0 Å². The van der Waals surface area contributed by atoms with Crippen LogP contribution in [0, 0.1) is 0 Å². The maximum atomic E-state index is 11.5. The molecule has 0 aliphatic carbocycles. The number of hydrogen-bond donors (Lipinski definition) is 3. The van der Waals surface area contributed by atoms with Gasteiger partial charge in [-0.15, -0.1) is 11.3 Å². The minimum Gasteiger partial charge on any atom is -0.375 e. The molecule has 1 rings (SSSR count). The van der Waals surface area contributed by atoms with Gasteiger partial charge in [0, 0.05) is 18.5 Å². The van der Waals surface area contributed by atoms with Gasteiger partial charge in [-0.25, -0.2) is 18.1 Å². The SMILES string of the molecule is CCNS(=O)(=O)CCNC(=O)c1csc(N)n1. The molecule has 17 heavy (non-hydrogen) atoms. The lowest BCUT2D eigenvalue weighted by Gasteiger charge is -2.05. The van der Waals surface area contributed by atoms with Crippen molar-refractivity contribution in [2.75, 3.05) is 24.6 Å². The first-order valence-electron chi connectivity index (χ1n) is 4.91. The first-order valence-corrected chi connectivity index (χ1v) is 7.44. The monoisotopic (exact) mass is 278 g/mol. The second kappa shape index (κ2) is 5.94. The summed E-state index contributed by atoms with van der Waals surface area (Å²) in [7, 11) is -3.31. The number of carbonyl (C=O) groups excluding carboxylic acids is 1. The normalized spacial score (nSPS) is 11.4. The average molecular weight is 278 g/mol. The van der Waals surface area contributed by atoms with Gasteiger partial charge in [-0.05, 0) is 0 Å². The van der Waals surface area contributed by atoms with Gasteiger partial charge in [-0.3, -0.25) is 4.79 Å². The van der Waals surface area contributed by atoms with Crippen LogP contribution in [0.3, 0.4) is 0 Å². The lowest BCUT2D eigenvalue weighted by Crippen LogP contribution is -2.34. The molecule has 96 valence electrons. The molecule has 0 fully saturated rings. The second-order valence-electron chi connectivity index (χ2n) is 3.14. The summed E-state index contributed by atoms with van der Waals surface area (Å²) in [5.74, 6) is -0.587. The number of anilines is 1. The number of nitrogens with zero attached hydrogens (tertiary/aromatic N) is 1. The van der Waals surface area contributed by atoms with Gasteiger partial charge < -0.3 is 11.1 Å². The van der Waals surface area contributed by atoms with Crippen molar-refractivity contribution in [3.05, 3.63) is 11.1 Å². The lowest BCUT2D eigenvalue weighted by atomic mass is 10.4. The highest BCUT2D eigenvalue weighted by atomic mass is 32.2. The summed E-state index contributed by atoms with van der Waals surface area (Å²) in [6.07, 6.45) is 0. The van der Waals surface area contributed by atoms with E-state index in [0.29, 0.717) is 11.7 Å². The molecular weight excluding hydrogens is 264 g/mol. The maximum Gasteiger partial charge on any atom is 0.270 e. The van der Waals surface area contributed by atoms with Crippen molar-refractivity contribution in [3.63, 3.8) is 0 Å². The largest absolute Gasteiger partial charge is 0.375 e. The summed E-state index contributed by atoms with van der Waals surface area (Å²) in [4.78, 5) is 15.2. The third kappa shape index (κ3) is 4.67. The number of aromatic nitrogens is 1. The molecule has 0 aromatic carbocycles. The quantitative estimate of drug-likeness (QED) is 0.642. The van der Waals surface area contributed by atoms with Crippen LogP contribution in [0.5, 0.6) is 0 Å². The predicted octanol–water partition coefficient (Wildman–Crippen LogP) is -0.606. The molecule has 0 radical (unpaired) electrons. The Hall–Kier alpha value is -1.19. The Balaban J connectivity index is 2.40. The summed E-state index contributed by atoms with van der Waals surface area (Å²) < 4.78 is 24.8. The van der Waals surface area contributed by atoms with Gasteiger partial charge >= 0.3 is 0 Å². The highest BCUT2D eigenvalue weighted by molar-refractivity contribution is 7.89. The molecule has 4 N–H and O–H groups in total. The van der Waals surface area contributed by atoms with Crippen molar-refractivity contribution in [2.45, 2.75) is 6.92 Å². The van der Waals surface area contributed by atoms with Crippen LogP contribution < -0.4 is 15.8 Å². The van der Waals surface area contributed by atoms with E-state index in [1.165, 1.54) is 5.38 Å². The molecule has 0 atom stereocenters. The zero-order valence-corrected chi connectivity index (χ0v) is 10.9. The van der Waals surface area contributed by atoms with Crippen molar-refractivity contribution in [1.82, 2.24) is 15.0 Å². The smallest absolute Gasteiger partial charge is 0.270 e. The van der Waals surface area contributed by atoms with Gasteiger partial charge in [0.2, 0.25) is 10.0 Å². The van der Waals surface area contributed by atoms with Crippen molar-refractivity contribution in [1.29, 1.82) is 0 Å². The van der Waals surface area contributed by atoms with E-state index in [0.717, 1.165) is 11.3 Å².